The molecule has 2 rings (SSSR count). The van der Waals surface area contributed by atoms with Crippen molar-refractivity contribution in [3.8, 4) is 11.6 Å². The third kappa shape index (κ3) is 4.80. The molecule has 1 aromatic heterocycles. The molecule has 0 aliphatic heterocycles. The number of carbonyl (C=O) groups is 2. The predicted molar refractivity (Wildman–Crippen MR) is 92.3 cm³/mol. The van der Waals surface area contributed by atoms with Crippen LogP contribution in [-0.2, 0) is 4.79 Å². The van der Waals surface area contributed by atoms with Gasteiger partial charge in [0.25, 0.3) is 5.91 Å². The number of carboxylic acids is 1. The highest BCUT2D eigenvalue weighted by Gasteiger charge is 2.24. The molecule has 1 aromatic carbocycles. The lowest BCUT2D eigenvalue weighted by Gasteiger charge is -2.17. The minimum atomic E-state index is -1.12. The molecule has 2 aromatic rings. The summed E-state index contributed by atoms with van der Waals surface area (Å²) in [6.07, 6.45) is 0. The van der Waals surface area contributed by atoms with Gasteiger partial charge in [-0.05, 0) is 24.1 Å². The molecule has 0 fully saturated rings. The Bertz CT molecular complexity index is 781. The smallest absolute Gasteiger partial charge is 0.326 e. The van der Waals surface area contributed by atoms with Crippen molar-refractivity contribution in [2.24, 2.45) is 5.92 Å². The number of ether oxygens (including phenoxy) is 1. The van der Waals surface area contributed by atoms with Gasteiger partial charge in [0.15, 0.2) is 5.69 Å². The quantitative estimate of drug-likeness (QED) is 0.792. The summed E-state index contributed by atoms with van der Waals surface area (Å²) >= 11 is 11.9. The molecule has 1 heterocycles. The van der Waals surface area contributed by atoms with Crippen molar-refractivity contribution in [2.75, 3.05) is 0 Å². The molecular weight excluding hydrogens is 369 g/mol. The van der Waals surface area contributed by atoms with E-state index in [-0.39, 0.29) is 22.5 Å². The number of aliphatic carboxylic acids is 1. The van der Waals surface area contributed by atoms with Crippen LogP contribution >= 0.6 is 23.2 Å². The third-order valence-corrected chi connectivity index (χ3v) is 4.02. The number of halogens is 2. The maximum atomic E-state index is 12.1. The first-order chi connectivity index (χ1) is 11.8. The summed E-state index contributed by atoms with van der Waals surface area (Å²) in [5.41, 5.74) is -0.0311. The minimum Gasteiger partial charge on any atom is -0.480 e. The number of aromatic nitrogens is 2. The summed E-state index contributed by atoms with van der Waals surface area (Å²) in [5, 5.41) is 19.6. The number of nitrogens with zero attached hydrogens (tertiary/aromatic N) is 2. The number of amides is 1. The highest BCUT2D eigenvalue weighted by molar-refractivity contribution is 6.42. The molecule has 0 unspecified atom stereocenters. The first-order valence-corrected chi connectivity index (χ1v) is 8.04. The molecule has 9 heteroatoms. The summed E-state index contributed by atoms with van der Waals surface area (Å²) < 4.78 is 5.47. The molecule has 0 saturated carbocycles. The Balaban J connectivity index is 2.10. The van der Waals surface area contributed by atoms with Gasteiger partial charge in [-0.2, -0.15) is 0 Å². The molecule has 0 bridgehead atoms. The highest BCUT2D eigenvalue weighted by atomic mass is 35.5. The molecule has 25 heavy (non-hydrogen) atoms. The first kappa shape index (κ1) is 19.0. The minimum absolute atomic E-state index is 0.0311. The second-order valence-corrected chi connectivity index (χ2v) is 6.23. The van der Waals surface area contributed by atoms with Crippen LogP contribution in [0.4, 0.5) is 0 Å². The zero-order valence-corrected chi connectivity index (χ0v) is 14.9. The van der Waals surface area contributed by atoms with Gasteiger partial charge in [-0.3, -0.25) is 4.79 Å². The van der Waals surface area contributed by atoms with E-state index in [1.807, 2.05) is 0 Å². The number of hydrogen-bond acceptors (Lipinski definition) is 5. The number of carboxylic acid groups (broad SMARTS) is 1. The summed E-state index contributed by atoms with van der Waals surface area (Å²) in [4.78, 5) is 23.2. The van der Waals surface area contributed by atoms with Crippen molar-refractivity contribution in [3.63, 3.8) is 0 Å². The van der Waals surface area contributed by atoms with E-state index in [9.17, 15) is 9.59 Å². The largest absolute Gasteiger partial charge is 0.480 e. The molecular formula is C16H15Cl2N3O4. The van der Waals surface area contributed by atoms with Crippen LogP contribution in [0.2, 0.25) is 10.0 Å². The standard InChI is InChI=1S/C16H15Cl2N3O4/c1-8(2)14(16(23)24)19-15(22)10-6-7-12(21-20-10)25-11-5-3-4-9(17)13(11)18/h3-8,14H,1-2H3,(H,19,22)(H,23,24)/t14-/m1/s1. The molecule has 0 aliphatic rings. The van der Waals surface area contributed by atoms with Crippen molar-refractivity contribution >= 4 is 35.1 Å². The van der Waals surface area contributed by atoms with Gasteiger partial charge < -0.3 is 15.2 Å². The van der Waals surface area contributed by atoms with E-state index in [2.05, 4.69) is 15.5 Å². The Hall–Kier alpha value is -2.38. The molecule has 0 spiro atoms. The lowest BCUT2D eigenvalue weighted by Crippen LogP contribution is -2.44. The van der Waals surface area contributed by atoms with E-state index in [4.69, 9.17) is 33.0 Å². The van der Waals surface area contributed by atoms with Crippen molar-refractivity contribution in [2.45, 2.75) is 19.9 Å². The monoisotopic (exact) mass is 383 g/mol. The van der Waals surface area contributed by atoms with Crippen LogP contribution in [0.3, 0.4) is 0 Å². The van der Waals surface area contributed by atoms with Crippen molar-refractivity contribution in [1.29, 1.82) is 0 Å². The Morgan fingerprint density at radius 2 is 1.88 bits per heavy atom. The number of rotatable bonds is 6. The van der Waals surface area contributed by atoms with Crippen molar-refractivity contribution in [1.82, 2.24) is 15.5 Å². The fourth-order valence-electron chi connectivity index (χ4n) is 1.90. The average Bonchev–Trinajstić information content (AvgIpc) is 2.56. The van der Waals surface area contributed by atoms with Crippen LogP contribution in [0.25, 0.3) is 0 Å². The number of nitrogens with one attached hydrogen (secondary N) is 1. The lowest BCUT2D eigenvalue weighted by atomic mass is 10.0. The Labute approximate surface area is 153 Å². The normalized spacial score (nSPS) is 11.9. The molecule has 1 amide bonds. The zero-order valence-electron chi connectivity index (χ0n) is 13.4. The first-order valence-electron chi connectivity index (χ1n) is 7.29. The summed E-state index contributed by atoms with van der Waals surface area (Å²) in [7, 11) is 0. The van der Waals surface area contributed by atoms with E-state index in [0.29, 0.717) is 10.8 Å². The third-order valence-electron chi connectivity index (χ3n) is 3.22. The summed E-state index contributed by atoms with van der Waals surface area (Å²) in [5.74, 6) is -1.62. The fourth-order valence-corrected chi connectivity index (χ4v) is 2.23. The van der Waals surface area contributed by atoms with Crippen LogP contribution < -0.4 is 10.1 Å². The number of carbonyl (C=O) groups excluding carboxylic acids is 1. The fraction of sp³-hybridized carbons (Fsp3) is 0.250. The molecule has 0 saturated heterocycles. The molecule has 0 aliphatic carbocycles. The maximum absolute atomic E-state index is 12.1. The van der Waals surface area contributed by atoms with E-state index >= 15 is 0 Å². The summed E-state index contributed by atoms with van der Waals surface area (Å²) in [6, 6.07) is 6.66. The molecule has 2 N–H and O–H groups in total. The van der Waals surface area contributed by atoms with Crippen molar-refractivity contribution in [3.05, 3.63) is 46.1 Å². The van der Waals surface area contributed by atoms with Gasteiger partial charge >= 0.3 is 5.97 Å². The predicted octanol–water partition coefficient (Wildman–Crippen LogP) is 3.41. The Morgan fingerprint density at radius 1 is 1.16 bits per heavy atom. The SMILES string of the molecule is CC(C)[C@@H](NC(=O)c1ccc(Oc2cccc(Cl)c2Cl)nn1)C(=O)O. The van der Waals surface area contributed by atoms with Crippen molar-refractivity contribution < 1.29 is 19.4 Å². The van der Waals surface area contributed by atoms with Gasteiger partial charge in [-0.15, -0.1) is 10.2 Å². The van der Waals surface area contributed by atoms with E-state index in [1.165, 1.54) is 12.1 Å². The summed E-state index contributed by atoms with van der Waals surface area (Å²) in [6.45, 7) is 3.38. The zero-order chi connectivity index (χ0) is 18.6. The Morgan fingerprint density at radius 3 is 2.44 bits per heavy atom. The highest BCUT2D eigenvalue weighted by Crippen LogP contribution is 2.33. The molecule has 7 nitrogen and oxygen atoms in total. The van der Waals surface area contributed by atoms with Crippen LogP contribution in [0.15, 0.2) is 30.3 Å². The second kappa shape index (κ2) is 8.13. The molecule has 1 atom stereocenters. The van der Waals surface area contributed by atoms with Gasteiger partial charge in [0.2, 0.25) is 5.88 Å². The van der Waals surface area contributed by atoms with Crippen LogP contribution in [0.5, 0.6) is 11.6 Å². The molecule has 0 radical (unpaired) electrons. The van der Waals surface area contributed by atoms with E-state index < -0.39 is 17.9 Å². The van der Waals surface area contributed by atoms with E-state index in [1.54, 1.807) is 32.0 Å². The lowest BCUT2D eigenvalue weighted by molar-refractivity contribution is -0.140. The van der Waals surface area contributed by atoms with Crippen LogP contribution in [0, 0.1) is 5.92 Å². The second-order valence-electron chi connectivity index (χ2n) is 5.44. The van der Waals surface area contributed by atoms with Gasteiger partial charge in [0.1, 0.15) is 16.8 Å². The van der Waals surface area contributed by atoms with Gasteiger partial charge in [-0.25, -0.2) is 4.79 Å². The average molecular weight is 384 g/mol. The van der Waals surface area contributed by atoms with E-state index in [0.717, 1.165) is 0 Å². The van der Waals surface area contributed by atoms with Gasteiger partial charge in [0.05, 0.1) is 5.02 Å². The number of hydrogen-bond donors (Lipinski definition) is 2. The Kier molecular flexibility index (Phi) is 6.17. The van der Waals surface area contributed by atoms with Crippen LogP contribution in [0.1, 0.15) is 24.3 Å². The maximum Gasteiger partial charge on any atom is 0.326 e. The topological polar surface area (TPSA) is 101 Å². The molecule has 132 valence electrons. The van der Waals surface area contributed by atoms with Crippen LogP contribution in [-0.4, -0.2) is 33.2 Å². The van der Waals surface area contributed by atoms with Gasteiger partial charge in [0, 0.05) is 6.07 Å². The number of benzene rings is 1. The van der Waals surface area contributed by atoms with Gasteiger partial charge in [-0.1, -0.05) is 43.1 Å².